The molecule has 2 aromatic rings. The first-order valence-electron chi connectivity index (χ1n) is 8.06. The first-order chi connectivity index (χ1) is 11.5. The maximum absolute atomic E-state index is 15.3. The van der Waals surface area contributed by atoms with Gasteiger partial charge in [-0.2, -0.15) is 0 Å². The number of hydrogen-bond donors (Lipinski definition) is 0. The highest BCUT2D eigenvalue weighted by Gasteiger charge is 2.58. The van der Waals surface area contributed by atoms with E-state index in [-0.39, 0.29) is 0 Å². The van der Waals surface area contributed by atoms with Crippen LogP contribution in [0.3, 0.4) is 0 Å². The minimum Gasteiger partial charge on any atom is -0.590 e. The average molecular weight is 347 g/mol. The van der Waals surface area contributed by atoms with Crippen molar-refractivity contribution in [2.24, 2.45) is 0 Å². The lowest BCUT2D eigenvalue weighted by Gasteiger charge is -2.29. The maximum Gasteiger partial charge on any atom is 0.856 e. The third-order valence-electron chi connectivity index (χ3n) is 4.48. The van der Waals surface area contributed by atoms with Crippen LogP contribution in [0, 0.1) is 0 Å². The Morgan fingerprint density at radius 3 is 2.58 bits per heavy atom. The standard InChI is InChI=1S/C17H17BClFN2O2/c1-3-21(4-2)14-7-5-12-11-22-15-8-6-13(19)9-17(15)24-18(22,20)23-16(12)10-14/h5-11H,3-4H2,1-2H3/t18-/m0/s1. The lowest BCUT2D eigenvalue weighted by atomic mass is 9.96. The molecule has 0 amide bonds. The average Bonchev–Trinajstić information content (AvgIpc) is 2.83. The van der Waals surface area contributed by atoms with E-state index in [1.165, 1.54) is 4.49 Å². The van der Waals surface area contributed by atoms with Gasteiger partial charge in [-0.1, -0.05) is 11.6 Å². The Bertz CT molecular complexity index is 856. The van der Waals surface area contributed by atoms with Crippen molar-refractivity contribution in [1.82, 2.24) is 0 Å². The molecule has 0 bridgehead atoms. The van der Waals surface area contributed by atoms with Crippen molar-refractivity contribution in [2.75, 3.05) is 18.0 Å². The van der Waals surface area contributed by atoms with Gasteiger partial charge in [0.2, 0.25) is 0 Å². The third kappa shape index (κ3) is 2.25. The number of benzene rings is 2. The molecule has 2 aromatic carbocycles. The molecule has 7 heteroatoms. The van der Waals surface area contributed by atoms with Crippen molar-refractivity contribution >= 4 is 36.2 Å². The molecule has 0 fully saturated rings. The van der Waals surface area contributed by atoms with Gasteiger partial charge in [-0.05, 0) is 32.0 Å². The van der Waals surface area contributed by atoms with Crippen LogP contribution in [0.15, 0.2) is 36.4 Å². The van der Waals surface area contributed by atoms with Crippen LogP contribution in [0.1, 0.15) is 19.4 Å². The Hall–Kier alpha value is -2.21. The molecule has 0 saturated carbocycles. The molecule has 1 atom stereocenters. The van der Waals surface area contributed by atoms with Gasteiger partial charge in [0.25, 0.3) is 0 Å². The largest absolute Gasteiger partial charge is 0.856 e. The number of nitrogens with zero attached hydrogens (tertiary/aromatic N) is 2. The summed E-state index contributed by atoms with van der Waals surface area (Å²) in [5.74, 6) is 0.870. The molecule has 2 aliphatic heterocycles. The van der Waals surface area contributed by atoms with Gasteiger partial charge < -0.3 is 23.0 Å². The number of fused-ring (bicyclic) bond motifs is 4. The Labute approximate surface area is 145 Å². The van der Waals surface area contributed by atoms with Crippen LogP contribution in [0.4, 0.5) is 15.7 Å². The van der Waals surface area contributed by atoms with E-state index in [1.807, 2.05) is 18.2 Å². The van der Waals surface area contributed by atoms with Crippen molar-refractivity contribution in [3.63, 3.8) is 0 Å². The second kappa shape index (κ2) is 5.41. The van der Waals surface area contributed by atoms with Crippen LogP contribution >= 0.6 is 11.6 Å². The number of hydrogen-bond acceptors (Lipinski definition) is 3. The van der Waals surface area contributed by atoms with Crippen molar-refractivity contribution in [3.05, 3.63) is 47.0 Å². The predicted octanol–water partition coefficient (Wildman–Crippen LogP) is 4.14. The minimum absolute atomic E-state index is 0.387. The summed E-state index contributed by atoms with van der Waals surface area (Å²) in [5, 5.41) is 0.495. The van der Waals surface area contributed by atoms with Gasteiger partial charge in [-0.25, -0.2) is 0 Å². The molecule has 4 rings (SSSR count). The molecule has 2 heterocycles. The second-order valence-corrected chi connectivity index (χ2v) is 6.30. The highest BCUT2D eigenvalue weighted by molar-refractivity contribution is 6.56. The van der Waals surface area contributed by atoms with Crippen LogP contribution in [-0.2, 0) is 0 Å². The van der Waals surface area contributed by atoms with Crippen LogP contribution in [-0.4, -0.2) is 30.8 Å². The van der Waals surface area contributed by atoms with Gasteiger partial charge in [0.1, 0.15) is 12.0 Å². The van der Waals surface area contributed by atoms with E-state index in [2.05, 4.69) is 18.7 Å². The molecule has 124 valence electrons. The first-order valence-corrected chi connectivity index (χ1v) is 8.44. The van der Waals surface area contributed by atoms with E-state index in [9.17, 15) is 0 Å². The molecule has 0 aliphatic carbocycles. The minimum atomic E-state index is -3.14. The summed E-state index contributed by atoms with van der Waals surface area (Å²) in [7, 11) is 0. The first kappa shape index (κ1) is 15.3. The number of rotatable bonds is 3. The number of halogens is 2. The normalized spacial score (nSPS) is 20.2. The van der Waals surface area contributed by atoms with Crippen molar-refractivity contribution in [1.29, 1.82) is 0 Å². The number of anilines is 1. The molecule has 0 N–H and O–H groups in total. The van der Waals surface area contributed by atoms with E-state index in [4.69, 9.17) is 20.9 Å². The highest BCUT2D eigenvalue weighted by atomic mass is 35.5. The van der Waals surface area contributed by atoms with Crippen LogP contribution < -0.4 is 14.2 Å². The molecule has 4 nitrogen and oxygen atoms in total. The summed E-state index contributed by atoms with van der Waals surface area (Å²) >= 11 is 5.97. The van der Waals surface area contributed by atoms with Crippen molar-refractivity contribution < 1.29 is 18.1 Å². The lowest BCUT2D eigenvalue weighted by molar-refractivity contribution is -0.333. The van der Waals surface area contributed by atoms with E-state index in [0.29, 0.717) is 22.2 Å². The molecule has 2 aliphatic rings. The quantitative estimate of drug-likeness (QED) is 0.781. The van der Waals surface area contributed by atoms with Gasteiger partial charge in [0.15, 0.2) is 5.69 Å². The Morgan fingerprint density at radius 2 is 1.83 bits per heavy atom. The summed E-state index contributed by atoms with van der Waals surface area (Å²) in [6, 6.07) is 10.9. The smallest absolute Gasteiger partial charge is 0.590 e. The molecule has 0 radical (unpaired) electrons. The van der Waals surface area contributed by atoms with E-state index in [1.54, 1.807) is 24.4 Å². The molecule has 0 spiro atoms. The van der Waals surface area contributed by atoms with E-state index < -0.39 is 6.96 Å². The second-order valence-electron chi connectivity index (χ2n) is 5.86. The zero-order valence-corrected chi connectivity index (χ0v) is 14.3. The fourth-order valence-electron chi connectivity index (χ4n) is 3.24. The predicted molar refractivity (Wildman–Crippen MR) is 94.7 cm³/mol. The highest BCUT2D eigenvalue weighted by Crippen LogP contribution is 2.44. The van der Waals surface area contributed by atoms with Crippen molar-refractivity contribution in [3.8, 4) is 11.5 Å². The summed E-state index contributed by atoms with van der Waals surface area (Å²) in [6.07, 6.45) is 1.73. The van der Waals surface area contributed by atoms with Gasteiger partial charge in [0.05, 0.1) is 11.3 Å². The SMILES string of the molecule is CCN(CC)c1ccc2c(c1)O[B@@-]1(F)Oc3cc(Cl)ccc3[N+]1=C2. The van der Waals surface area contributed by atoms with E-state index in [0.717, 1.165) is 24.3 Å². The van der Waals surface area contributed by atoms with Crippen LogP contribution in [0.2, 0.25) is 5.02 Å². The topological polar surface area (TPSA) is 24.7 Å². The Balaban J connectivity index is 1.79. The molecule has 0 unspecified atom stereocenters. The van der Waals surface area contributed by atoms with Gasteiger partial charge in [-0.3, -0.25) is 0 Å². The van der Waals surface area contributed by atoms with Crippen LogP contribution in [0.5, 0.6) is 11.5 Å². The van der Waals surface area contributed by atoms with E-state index >= 15 is 4.32 Å². The van der Waals surface area contributed by atoms with Crippen LogP contribution in [0.25, 0.3) is 0 Å². The fourth-order valence-corrected chi connectivity index (χ4v) is 3.40. The summed E-state index contributed by atoms with van der Waals surface area (Å²) in [4.78, 5) is 2.18. The van der Waals surface area contributed by atoms with Gasteiger partial charge in [-0.15, -0.1) is 0 Å². The summed E-state index contributed by atoms with van der Waals surface area (Å²) < 4.78 is 27.8. The lowest BCUT2D eigenvalue weighted by Crippen LogP contribution is -2.52. The zero-order chi connectivity index (χ0) is 16.9. The molecule has 0 aromatic heterocycles. The molecule has 0 saturated heterocycles. The molecular weight excluding hydrogens is 329 g/mol. The maximum atomic E-state index is 15.3. The zero-order valence-electron chi connectivity index (χ0n) is 13.5. The summed E-state index contributed by atoms with van der Waals surface area (Å²) in [5.41, 5.74) is 2.42. The Morgan fingerprint density at radius 1 is 1.08 bits per heavy atom. The molecule has 24 heavy (non-hydrogen) atoms. The van der Waals surface area contributed by atoms with Gasteiger partial charge in [0, 0.05) is 42.0 Å². The fraction of sp³-hybridized carbons (Fsp3) is 0.235. The Kier molecular flexibility index (Phi) is 3.46. The monoisotopic (exact) mass is 346 g/mol. The summed E-state index contributed by atoms with van der Waals surface area (Å²) in [6.45, 7) is 2.77. The van der Waals surface area contributed by atoms with Gasteiger partial charge >= 0.3 is 6.96 Å². The third-order valence-corrected chi connectivity index (χ3v) is 4.72. The molecular formula is C17H17BClFN2O2. The van der Waals surface area contributed by atoms with Crippen molar-refractivity contribution in [2.45, 2.75) is 13.8 Å².